The molecule has 1 saturated carbocycles. The van der Waals surface area contributed by atoms with E-state index in [1.807, 2.05) is 0 Å². The molecular formula is C15H21NO3. The molecule has 0 amide bonds. The van der Waals surface area contributed by atoms with E-state index in [1.54, 1.807) is 7.11 Å². The van der Waals surface area contributed by atoms with Gasteiger partial charge in [-0.1, -0.05) is 31.4 Å². The molecule has 1 aliphatic carbocycles. The van der Waals surface area contributed by atoms with E-state index in [2.05, 4.69) is 12.1 Å². The maximum atomic E-state index is 6.61. The SMILES string of the molecule is COCc1ccc(C2(N)CCCCC2)c2c1OCO2. The molecule has 1 aromatic rings. The van der Waals surface area contributed by atoms with Gasteiger partial charge in [0.05, 0.1) is 6.61 Å². The first-order valence-electron chi connectivity index (χ1n) is 6.94. The summed E-state index contributed by atoms with van der Waals surface area (Å²) in [6, 6.07) is 4.14. The van der Waals surface area contributed by atoms with E-state index in [0.717, 1.165) is 35.5 Å². The summed E-state index contributed by atoms with van der Waals surface area (Å²) in [4.78, 5) is 0. The minimum absolute atomic E-state index is 0.262. The summed E-state index contributed by atoms with van der Waals surface area (Å²) >= 11 is 0. The molecule has 1 heterocycles. The summed E-state index contributed by atoms with van der Waals surface area (Å²) in [5.74, 6) is 1.65. The van der Waals surface area contributed by atoms with Gasteiger partial charge in [-0.25, -0.2) is 0 Å². The van der Waals surface area contributed by atoms with E-state index in [0.29, 0.717) is 6.61 Å². The minimum Gasteiger partial charge on any atom is -0.453 e. The van der Waals surface area contributed by atoms with E-state index >= 15 is 0 Å². The second kappa shape index (κ2) is 5.02. The molecule has 0 spiro atoms. The zero-order chi connectivity index (χ0) is 13.3. The summed E-state index contributed by atoms with van der Waals surface area (Å²) in [6.07, 6.45) is 5.69. The Hall–Kier alpha value is -1.26. The standard InChI is InChI=1S/C15H21NO3/c1-17-9-11-5-6-12(14-13(11)18-10-19-14)15(16)7-3-2-4-8-15/h5-6H,2-4,7-10,16H2,1H3. The molecule has 0 aromatic heterocycles. The third-order valence-electron chi connectivity index (χ3n) is 4.18. The maximum absolute atomic E-state index is 6.61. The van der Waals surface area contributed by atoms with Crippen molar-refractivity contribution in [1.29, 1.82) is 0 Å². The first kappa shape index (κ1) is 12.8. The number of methoxy groups -OCH3 is 1. The van der Waals surface area contributed by atoms with Gasteiger partial charge in [0.1, 0.15) is 0 Å². The van der Waals surface area contributed by atoms with Gasteiger partial charge in [-0.3, -0.25) is 0 Å². The van der Waals surface area contributed by atoms with Gasteiger partial charge in [0, 0.05) is 23.8 Å². The Bertz CT molecular complexity index is 467. The van der Waals surface area contributed by atoms with Gasteiger partial charge in [-0.2, -0.15) is 0 Å². The zero-order valence-corrected chi connectivity index (χ0v) is 11.4. The van der Waals surface area contributed by atoms with Crippen LogP contribution in [0.2, 0.25) is 0 Å². The van der Waals surface area contributed by atoms with Crippen molar-refractivity contribution < 1.29 is 14.2 Å². The number of rotatable bonds is 3. The van der Waals surface area contributed by atoms with Crippen molar-refractivity contribution in [3.63, 3.8) is 0 Å². The fourth-order valence-electron chi connectivity index (χ4n) is 3.17. The van der Waals surface area contributed by atoms with Gasteiger partial charge in [0.25, 0.3) is 0 Å². The van der Waals surface area contributed by atoms with Crippen LogP contribution in [0.3, 0.4) is 0 Å². The fourth-order valence-corrected chi connectivity index (χ4v) is 3.17. The maximum Gasteiger partial charge on any atom is 0.231 e. The van der Waals surface area contributed by atoms with Gasteiger partial charge in [-0.05, 0) is 12.8 Å². The van der Waals surface area contributed by atoms with Crippen LogP contribution in [0, 0.1) is 0 Å². The van der Waals surface area contributed by atoms with Crippen LogP contribution in [0.25, 0.3) is 0 Å². The average molecular weight is 263 g/mol. The Labute approximate surface area is 113 Å². The summed E-state index contributed by atoms with van der Waals surface area (Å²) in [5.41, 5.74) is 8.47. The number of benzene rings is 1. The van der Waals surface area contributed by atoms with Crippen molar-refractivity contribution in [2.45, 2.75) is 44.2 Å². The lowest BCUT2D eigenvalue weighted by molar-refractivity contribution is 0.161. The van der Waals surface area contributed by atoms with Crippen LogP contribution in [0.1, 0.15) is 43.2 Å². The molecule has 3 rings (SSSR count). The molecule has 0 radical (unpaired) electrons. The van der Waals surface area contributed by atoms with Crippen molar-refractivity contribution in [3.05, 3.63) is 23.3 Å². The number of fused-ring (bicyclic) bond motifs is 1. The van der Waals surface area contributed by atoms with Gasteiger partial charge in [0.2, 0.25) is 6.79 Å². The average Bonchev–Trinajstić information content (AvgIpc) is 2.89. The van der Waals surface area contributed by atoms with Gasteiger partial charge < -0.3 is 19.9 Å². The minimum atomic E-state index is -0.262. The number of nitrogens with two attached hydrogens (primary N) is 1. The highest BCUT2D eigenvalue weighted by Gasteiger charge is 2.35. The Morgan fingerprint density at radius 3 is 2.63 bits per heavy atom. The molecule has 1 fully saturated rings. The number of hydrogen-bond donors (Lipinski definition) is 1. The normalized spacial score (nSPS) is 20.5. The second-order valence-electron chi connectivity index (χ2n) is 5.49. The molecular weight excluding hydrogens is 242 g/mol. The Morgan fingerprint density at radius 2 is 1.89 bits per heavy atom. The zero-order valence-electron chi connectivity index (χ0n) is 11.4. The summed E-state index contributed by atoms with van der Waals surface area (Å²) < 4.78 is 16.5. The van der Waals surface area contributed by atoms with Crippen LogP contribution in [-0.4, -0.2) is 13.9 Å². The first-order valence-corrected chi connectivity index (χ1v) is 6.94. The van der Waals surface area contributed by atoms with Crippen molar-refractivity contribution in [2.75, 3.05) is 13.9 Å². The predicted molar refractivity (Wildman–Crippen MR) is 72.2 cm³/mol. The molecule has 4 nitrogen and oxygen atoms in total. The van der Waals surface area contributed by atoms with E-state index in [-0.39, 0.29) is 12.3 Å². The predicted octanol–water partition coefficient (Wildman–Crippen LogP) is 2.68. The van der Waals surface area contributed by atoms with Crippen LogP contribution in [0.5, 0.6) is 11.5 Å². The van der Waals surface area contributed by atoms with E-state index in [4.69, 9.17) is 19.9 Å². The van der Waals surface area contributed by atoms with Crippen molar-refractivity contribution in [2.24, 2.45) is 5.73 Å². The summed E-state index contributed by atoms with van der Waals surface area (Å²) in [6.45, 7) is 0.808. The molecule has 2 aliphatic rings. The molecule has 4 heteroatoms. The highest BCUT2D eigenvalue weighted by atomic mass is 16.7. The molecule has 104 valence electrons. The Balaban J connectivity index is 2.01. The molecule has 19 heavy (non-hydrogen) atoms. The molecule has 2 N–H and O–H groups in total. The lowest BCUT2D eigenvalue weighted by Crippen LogP contribution is -2.38. The van der Waals surface area contributed by atoms with E-state index in [1.165, 1.54) is 19.3 Å². The molecule has 0 unspecified atom stereocenters. The largest absolute Gasteiger partial charge is 0.453 e. The summed E-state index contributed by atoms with van der Waals surface area (Å²) in [7, 11) is 1.68. The van der Waals surface area contributed by atoms with Crippen LogP contribution < -0.4 is 15.2 Å². The second-order valence-corrected chi connectivity index (χ2v) is 5.49. The van der Waals surface area contributed by atoms with Crippen molar-refractivity contribution in [3.8, 4) is 11.5 Å². The van der Waals surface area contributed by atoms with Gasteiger partial charge in [0.15, 0.2) is 11.5 Å². The van der Waals surface area contributed by atoms with E-state index < -0.39 is 0 Å². The van der Waals surface area contributed by atoms with Crippen molar-refractivity contribution in [1.82, 2.24) is 0 Å². The molecule has 1 aromatic carbocycles. The monoisotopic (exact) mass is 263 g/mol. The molecule has 0 saturated heterocycles. The molecule has 0 atom stereocenters. The Kier molecular flexibility index (Phi) is 3.37. The van der Waals surface area contributed by atoms with Crippen molar-refractivity contribution >= 4 is 0 Å². The Morgan fingerprint density at radius 1 is 1.16 bits per heavy atom. The van der Waals surface area contributed by atoms with Gasteiger partial charge >= 0.3 is 0 Å². The lowest BCUT2D eigenvalue weighted by Gasteiger charge is -2.34. The topological polar surface area (TPSA) is 53.7 Å². The van der Waals surface area contributed by atoms with Gasteiger partial charge in [-0.15, -0.1) is 0 Å². The molecule has 0 bridgehead atoms. The first-order chi connectivity index (χ1) is 9.24. The van der Waals surface area contributed by atoms with Crippen LogP contribution in [-0.2, 0) is 16.9 Å². The van der Waals surface area contributed by atoms with Crippen LogP contribution in [0.15, 0.2) is 12.1 Å². The third kappa shape index (κ3) is 2.19. The highest BCUT2D eigenvalue weighted by molar-refractivity contribution is 5.55. The fraction of sp³-hybridized carbons (Fsp3) is 0.600. The lowest BCUT2D eigenvalue weighted by atomic mass is 9.77. The quantitative estimate of drug-likeness (QED) is 0.911. The molecule has 1 aliphatic heterocycles. The van der Waals surface area contributed by atoms with Crippen LogP contribution in [0.4, 0.5) is 0 Å². The smallest absolute Gasteiger partial charge is 0.231 e. The summed E-state index contributed by atoms with van der Waals surface area (Å²) in [5, 5.41) is 0. The van der Waals surface area contributed by atoms with E-state index in [9.17, 15) is 0 Å². The third-order valence-corrected chi connectivity index (χ3v) is 4.18. The van der Waals surface area contributed by atoms with Crippen LogP contribution >= 0.6 is 0 Å². The number of hydrogen-bond acceptors (Lipinski definition) is 4. The number of ether oxygens (including phenoxy) is 3. The highest BCUT2D eigenvalue weighted by Crippen LogP contribution is 2.46.